The van der Waals surface area contributed by atoms with Gasteiger partial charge in [0.15, 0.2) is 5.13 Å². The summed E-state index contributed by atoms with van der Waals surface area (Å²) in [5.41, 5.74) is 1.05. The number of para-hydroxylation sites is 2. The number of esters is 1. The number of thiazole rings is 1. The molecule has 178 valence electrons. The lowest BCUT2D eigenvalue weighted by Crippen LogP contribution is -2.33. The van der Waals surface area contributed by atoms with Crippen molar-refractivity contribution in [2.45, 2.75) is 32.8 Å². The van der Waals surface area contributed by atoms with Crippen LogP contribution in [-0.4, -0.2) is 47.2 Å². The molecule has 1 aliphatic carbocycles. The largest absolute Gasteiger partial charge is 0.495 e. The van der Waals surface area contributed by atoms with Gasteiger partial charge in [0, 0.05) is 18.8 Å². The number of allylic oxidation sites excluding steroid dienone is 2. The lowest BCUT2D eigenvalue weighted by molar-refractivity contribution is -0.147. The quantitative estimate of drug-likeness (QED) is 0.322. The minimum atomic E-state index is -0.531. The molecule has 0 saturated carbocycles. The van der Waals surface area contributed by atoms with Crippen molar-refractivity contribution in [2.75, 3.05) is 18.6 Å². The Labute approximate surface area is 201 Å². The third-order valence-electron chi connectivity index (χ3n) is 5.89. The molecule has 34 heavy (non-hydrogen) atoms. The van der Waals surface area contributed by atoms with E-state index < -0.39 is 5.97 Å². The van der Waals surface area contributed by atoms with Crippen LogP contribution in [0.4, 0.5) is 10.8 Å². The van der Waals surface area contributed by atoms with E-state index >= 15 is 0 Å². The van der Waals surface area contributed by atoms with Gasteiger partial charge in [0.1, 0.15) is 12.4 Å². The molecule has 1 aromatic heterocycles. The number of imide groups is 1. The van der Waals surface area contributed by atoms with Gasteiger partial charge in [-0.3, -0.25) is 29.0 Å². The molecule has 1 aliphatic heterocycles. The predicted octanol–water partition coefficient (Wildman–Crippen LogP) is 3.22. The van der Waals surface area contributed by atoms with Crippen molar-refractivity contribution in [3.63, 3.8) is 0 Å². The third-order valence-corrected chi connectivity index (χ3v) is 6.77. The fraction of sp³-hybridized carbons (Fsp3) is 0.375. The van der Waals surface area contributed by atoms with E-state index in [1.807, 2.05) is 18.2 Å². The van der Waals surface area contributed by atoms with Crippen LogP contribution in [0.15, 0.2) is 41.8 Å². The topological polar surface area (TPSA) is 106 Å². The maximum atomic E-state index is 12.5. The molecule has 1 saturated heterocycles. The molecule has 0 N–H and O–H groups in total. The first-order chi connectivity index (χ1) is 16.4. The lowest BCUT2D eigenvalue weighted by atomic mass is 9.85. The van der Waals surface area contributed by atoms with Gasteiger partial charge in [-0.05, 0) is 25.0 Å². The first-order valence-corrected chi connectivity index (χ1v) is 11.8. The Morgan fingerprint density at radius 1 is 1.15 bits per heavy atom. The number of fused-ring (bicyclic) bond motifs is 1. The summed E-state index contributed by atoms with van der Waals surface area (Å²) in [7, 11) is 1.53. The highest BCUT2D eigenvalue weighted by Gasteiger charge is 2.46. The van der Waals surface area contributed by atoms with Crippen molar-refractivity contribution < 1.29 is 28.7 Å². The van der Waals surface area contributed by atoms with Crippen LogP contribution in [0.1, 0.15) is 31.9 Å². The second-order valence-corrected chi connectivity index (χ2v) is 8.88. The van der Waals surface area contributed by atoms with Gasteiger partial charge in [-0.1, -0.05) is 24.3 Å². The van der Waals surface area contributed by atoms with Gasteiger partial charge >= 0.3 is 5.97 Å². The average molecular weight is 484 g/mol. The first-order valence-electron chi connectivity index (χ1n) is 10.9. The third kappa shape index (κ3) is 4.72. The highest BCUT2D eigenvalue weighted by Crippen LogP contribution is 2.36. The molecule has 0 spiro atoms. The predicted molar refractivity (Wildman–Crippen MR) is 124 cm³/mol. The van der Waals surface area contributed by atoms with Crippen molar-refractivity contribution >= 4 is 45.8 Å². The Morgan fingerprint density at radius 2 is 1.82 bits per heavy atom. The molecule has 9 nitrogen and oxygen atoms in total. The van der Waals surface area contributed by atoms with Gasteiger partial charge in [0.2, 0.25) is 17.7 Å². The number of ether oxygens (including phenoxy) is 2. The number of nitrogens with zero attached hydrogens (tertiary/aromatic N) is 3. The molecule has 2 aliphatic rings. The van der Waals surface area contributed by atoms with E-state index in [0.717, 1.165) is 0 Å². The molecule has 10 heteroatoms. The molecule has 2 unspecified atom stereocenters. The van der Waals surface area contributed by atoms with Gasteiger partial charge in [0.05, 0.1) is 36.7 Å². The van der Waals surface area contributed by atoms with E-state index in [1.54, 1.807) is 23.6 Å². The Bertz CT molecular complexity index is 1120. The summed E-state index contributed by atoms with van der Waals surface area (Å²) >= 11 is 1.24. The minimum Gasteiger partial charge on any atom is -0.495 e. The van der Waals surface area contributed by atoms with Crippen molar-refractivity contribution in [1.82, 2.24) is 9.88 Å². The summed E-state index contributed by atoms with van der Waals surface area (Å²) in [5, 5.41) is 2.13. The van der Waals surface area contributed by atoms with E-state index in [2.05, 4.69) is 4.98 Å². The van der Waals surface area contributed by atoms with E-state index in [4.69, 9.17) is 9.47 Å². The van der Waals surface area contributed by atoms with Crippen LogP contribution in [0.2, 0.25) is 0 Å². The summed E-state index contributed by atoms with van der Waals surface area (Å²) in [6.45, 7) is 1.36. The number of carbonyl (C=O) groups is 4. The zero-order valence-electron chi connectivity index (χ0n) is 18.9. The number of anilines is 2. The van der Waals surface area contributed by atoms with Crippen LogP contribution in [0.5, 0.6) is 5.75 Å². The van der Waals surface area contributed by atoms with Crippen molar-refractivity contribution in [1.29, 1.82) is 0 Å². The molecule has 1 aromatic carbocycles. The number of aromatic nitrogens is 1. The van der Waals surface area contributed by atoms with E-state index in [-0.39, 0.29) is 49.1 Å². The fourth-order valence-electron chi connectivity index (χ4n) is 4.21. The van der Waals surface area contributed by atoms with Crippen molar-refractivity contribution in [2.24, 2.45) is 11.8 Å². The molecule has 4 rings (SSSR count). The maximum absolute atomic E-state index is 12.5. The number of methoxy groups -OCH3 is 1. The zero-order valence-corrected chi connectivity index (χ0v) is 19.7. The summed E-state index contributed by atoms with van der Waals surface area (Å²) in [6.07, 6.45) is 4.89. The second kappa shape index (κ2) is 10.2. The van der Waals surface area contributed by atoms with E-state index in [0.29, 0.717) is 35.1 Å². The minimum absolute atomic E-state index is 0.0116. The number of amides is 3. The van der Waals surface area contributed by atoms with Gasteiger partial charge in [-0.2, -0.15) is 0 Å². The Balaban J connectivity index is 1.34. The summed E-state index contributed by atoms with van der Waals surface area (Å²) in [6, 6.07) is 7.12. The normalized spacial score (nSPS) is 19.2. The first kappa shape index (κ1) is 23.6. The van der Waals surface area contributed by atoms with Crippen LogP contribution in [0, 0.1) is 11.8 Å². The summed E-state index contributed by atoms with van der Waals surface area (Å²) in [4.78, 5) is 56.6. The highest BCUT2D eigenvalue weighted by molar-refractivity contribution is 7.14. The van der Waals surface area contributed by atoms with Crippen LogP contribution >= 0.6 is 11.3 Å². The van der Waals surface area contributed by atoms with Gasteiger partial charge in [-0.15, -0.1) is 11.3 Å². The number of hydrogen-bond acceptors (Lipinski definition) is 8. The number of likely N-dealkylation sites (tertiary alicyclic amines) is 1. The monoisotopic (exact) mass is 483 g/mol. The molecular weight excluding hydrogens is 458 g/mol. The van der Waals surface area contributed by atoms with Gasteiger partial charge in [0.25, 0.3) is 0 Å². The smallest absolute Gasteiger partial charge is 0.307 e. The summed E-state index contributed by atoms with van der Waals surface area (Å²) < 4.78 is 10.7. The molecular formula is C24H25N3O6S. The number of benzene rings is 1. The molecule has 2 heterocycles. The van der Waals surface area contributed by atoms with Crippen LogP contribution < -0.4 is 9.64 Å². The zero-order chi connectivity index (χ0) is 24.2. The van der Waals surface area contributed by atoms with Gasteiger partial charge in [-0.25, -0.2) is 4.98 Å². The fourth-order valence-corrected chi connectivity index (χ4v) is 5.07. The molecule has 3 amide bonds. The van der Waals surface area contributed by atoms with E-state index in [9.17, 15) is 19.2 Å². The van der Waals surface area contributed by atoms with E-state index in [1.165, 1.54) is 35.2 Å². The molecule has 1 fully saturated rings. The number of hydrogen-bond donors (Lipinski definition) is 0. The molecule has 0 bridgehead atoms. The highest BCUT2D eigenvalue weighted by atomic mass is 32.1. The second-order valence-electron chi connectivity index (χ2n) is 8.04. The lowest BCUT2D eigenvalue weighted by Gasteiger charge is -2.20. The van der Waals surface area contributed by atoms with Crippen LogP contribution in [-0.2, 0) is 30.5 Å². The van der Waals surface area contributed by atoms with Gasteiger partial charge < -0.3 is 9.47 Å². The Hall–Kier alpha value is -3.53. The SMILES string of the molecule is COc1ccccc1N(C(C)=O)c1nc(COC(=O)CCN2C(=O)C3CC=CCC3C2=O)cs1. The molecule has 0 radical (unpaired) electrons. The average Bonchev–Trinajstić information content (AvgIpc) is 3.39. The number of carbonyl (C=O) groups excluding carboxylic acids is 4. The molecule has 2 aromatic rings. The Kier molecular flexibility index (Phi) is 7.06. The van der Waals surface area contributed by atoms with Crippen LogP contribution in [0.25, 0.3) is 0 Å². The maximum Gasteiger partial charge on any atom is 0.307 e. The van der Waals surface area contributed by atoms with Crippen LogP contribution in [0.3, 0.4) is 0 Å². The number of rotatable bonds is 8. The van der Waals surface area contributed by atoms with Crippen molar-refractivity contribution in [3.05, 3.63) is 47.5 Å². The Morgan fingerprint density at radius 3 is 2.47 bits per heavy atom. The molecule has 2 atom stereocenters. The summed E-state index contributed by atoms with van der Waals surface area (Å²) in [5.74, 6) is -1.28. The van der Waals surface area contributed by atoms with Crippen molar-refractivity contribution in [3.8, 4) is 5.75 Å². The standard InChI is InChI=1S/C24H25N3O6S/c1-15(28)27(19-9-5-6-10-20(19)32-2)24-25-16(14-34-24)13-33-21(29)11-12-26-22(30)17-7-3-4-8-18(17)23(26)31/h3-6,9-10,14,17-18H,7-8,11-13H2,1-2H3.